The maximum atomic E-state index is 10.7. The molecule has 0 aromatic heterocycles. The Morgan fingerprint density at radius 2 is 2.00 bits per heavy atom. The first-order valence-corrected chi connectivity index (χ1v) is 4.75. The average molecular weight is 224 g/mol. The number of hydrogen-bond acceptors (Lipinski definition) is 3. The molecule has 0 fully saturated rings. The molecule has 5 heteroatoms. The van der Waals surface area contributed by atoms with Crippen LogP contribution in [0, 0.1) is 0 Å². The lowest BCUT2D eigenvalue weighted by Gasteiger charge is -2.09. The molecule has 0 unspecified atom stereocenters. The van der Waals surface area contributed by atoms with Crippen molar-refractivity contribution in [2.75, 3.05) is 6.61 Å². The molecule has 0 radical (unpaired) electrons. The van der Waals surface area contributed by atoms with Crippen LogP contribution in [0.25, 0.3) is 0 Å². The number of aromatic carboxylic acids is 1. The first-order chi connectivity index (χ1) is 7.54. The predicted molar refractivity (Wildman–Crippen MR) is 55.9 cm³/mol. The van der Waals surface area contributed by atoms with Crippen LogP contribution in [0.15, 0.2) is 18.2 Å². The predicted octanol–water partition coefficient (Wildman–Crippen LogP) is 1.41. The zero-order valence-corrected chi connectivity index (χ0v) is 8.77. The van der Waals surface area contributed by atoms with Gasteiger partial charge in [-0.1, -0.05) is 6.07 Å². The van der Waals surface area contributed by atoms with E-state index in [-0.39, 0.29) is 12.0 Å². The van der Waals surface area contributed by atoms with Gasteiger partial charge in [0, 0.05) is 5.56 Å². The van der Waals surface area contributed by atoms with Crippen LogP contribution in [-0.4, -0.2) is 28.8 Å². The molecule has 0 atom stereocenters. The minimum Gasteiger partial charge on any atom is -0.494 e. The summed E-state index contributed by atoms with van der Waals surface area (Å²) in [6.07, 6.45) is -0.185. The lowest BCUT2D eigenvalue weighted by Crippen LogP contribution is -2.06. The summed E-state index contributed by atoms with van der Waals surface area (Å²) in [6.45, 7) is 2.10. The van der Waals surface area contributed by atoms with Gasteiger partial charge in [-0.25, -0.2) is 4.79 Å². The number of benzene rings is 1. The number of rotatable bonds is 5. The quantitative estimate of drug-likeness (QED) is 0.790. The van der Waals surface area contributed by atoms with Crippen molar-refractivity contribution in [3.63, 3.8) is 0 Å². The van der Waals surface area contributed by atoms with Crippen LogP contribution in [0.2, 0.25) is 0 Å². The van der Waals surface area contributed by atoms with Gasteiger partial charge in [0.1, 0.15) is 5.75 Å². The summed E-state index contributed by atoms with van der Waals surface area (Å²) in [5.74, 6) is -1.74. The Labute approximate surface area is 92.3 Å². The van der Waals surface area contributed by atoms with Crippen LogP contribution in [-0.2, 0) is 11.2 Å². The Bertz CT molecular complexity index is 411. The van der Waals surface area contributed by atoms with E-state index in [1.54, 1.807) is 6.92 Å². The summed E-state index contributed by atoms with van der Waals surface area (Å²) in [6, 6.07) is 4.16. The van der Waals surface area contributed by atoms with Crippen molar-refractivity contribution in [2.45, 2.75) is 13.3 Å². The molecule has 5 nitrogen and oxygen atoms in total. The van der Waals surface area contributed by atoms with E-state index in [1.165, 1.54) is 18.2 Å². The van der Waals surface area contributed by atoms with Gasteiger partial charge in [0.05, 0.1) is 18.6 Å². The topological polar surface area (TPSA) is 83.8 Å². The van der Waals surface area contributed by atoms with E-state index in [9.17, 15) is 9.59 Å². The second kappa shape index (κ2) is 5.16. The van der Waals surface area contributed by atoms with E-state index >= 15 is 0 Å². The summed E-state index contributed by atoms with van der Waals surface area (Å²) >= 11 is 0. The van der Waals surface area contributed by atoms with Gasteiger partial charge in [-0.05, 0) is 19.1 Å². The smallest absolute Gasteiger partial charge is 0.335 e. The molecule has 0 spiro atoms. The largest absolute Gasteiger partial charge is 0.494 e. The average Bonchev–Trinajstić information content (AvgIpc) is 2.20. The van der Waals surface area contributed by atoms with Gasteiger partial charge in [0.2, 0.25) is 0 Å². The molecule has 0 aliphatic rings. The van der Waals surface area contributed by atoms with Crippen LogP contribution in [0.1, 0.15) is 22.8 Å². The maximum absolute atomic E-state index is 10.7. The van der Waals surface area contributed by atoms with Crippen LogP contribution in [0.4, 0.5) is 0 Å². The third kappa shape index (κ3) is 2.98. The van der Waals surface area contributed by atoms with Crippen molar-refractivity contribution < 1.29 is 24.5 Å². The molecule has 0 aliphatic carbocycles. The van der Waals surface area contributed by atoms with E-state index in [0.29, 0.717) is 17.9 Å². The van der Waals surface area contributed by atoms with Gasteiger partial charge < -0.3 is 14.9 Å². The summed E-state index contributed by atoms with van der Waals surface area (Å²) in [7, 11) is 0. The molecule has 0 aliphatic heterocycles. The number of ether oxygens (including phenoxy) is 1. The highest BCUT2D eigenvalue weighted by Gasteiger charge is 2.11. The SMILES string of the molecule is CCOc1cc(C(=O)O)ccc1CC(=O)O. The molecule has 0 bridgehead atoms. The maximum Gasteiger partial charge on any atom is 0.335 e. The van der Waals surface area contributed by atoms with E-state index in [2.05, 4.69) is 0 Å². The fraction of sp³-hybridized carbons (Fsp3) is 0.273. The normalized spacial score (nSPS) is 9.81. The number of carboxylic acids is 2. The molecule has 0 heterocycles. The molecule has 86 valence electrons. The van der Waals surface area contributed by atoms with E-state index in [0.717, 1.165) is 0 Å². The van der Waals surface area contributed by atoms with Crippen molar-refractivity contribution >= 4 is 11.9 Å². The summed E-state index contributed by atoms with van der Waals surface area (Å²) < 4.78 is 5.20. The molecule has 0 saturated heterocycles. The zero-order chi connectivity index (χ0) is 12.1. The summed E-state index contributed by atoms with van der Waals surface area (Å²) in [5, 5.41) is 17.4. The van der Waals surface area contributed by atoms with Crippen molar-refractivity contribution in [3.8, 4) is 5.75 Å². The lowest BCUT2D eigenvalue weighted by molar-refractivity contribution is -0.136. The molecule has 0 saturated carbocycles. The number of carboxylic acid groups (broad SMARTS) is 2. The zero-order valence-electron chi connectivity index (χ0n) is 8.77. The van der Waals surface area contributed by atoms with Gasteiger partial charge in [-0.2, -0.15) is 0 Å². The van der Waals surface area contributed by atoms with E-state index in [4.69, 9.17) is 14.9 Å². The van der Waals surface area contributed by atoms with Crippen LogP contribution in [0.3, 0.4) is 0 Å². The van der Waals surface area contributed by atoms with Gasteiger partial charge in [0.25, 0.3) is 0 Å². The van der Waals surface area contributed by atoms with E-state index in [1.807, 2.05) is 0 Å². The standard InChI is InChI=1S/C11H12O5/c1-2-16-9-5-8(11(14)15)4-3-7(9)6-10(12)13/h3-5H,2,6H2,1H3,(H,12,13)(H,14,15). The van der Waals surface area contributed by atoms with Gasteiger partial charge in [0.15, 0.2) is 0 Å². The molecule has 1 aromatic carbocycles. The molecule has 2 N–H and O–H groups in total. The minimum absolute atomic E-state index is 0.0811. The van der Waals surface area contributed by atoms with Gasteiger partial charge >= 0.3 is 11.9 Å². The third-order valence-corrected chi connectivity index (χ3v) is 1.96. The molecule has 0 amide bonds. The van der Waals surface area contributed by atoms with Crippen LogP contribution < -0.4 is 4.74 Å². The fourth-order valence-corrected chi connectivity index (χ4v) is 1.29. The second-order valence-electron chi connectivity index (χ2n) is 3.13. The van der Waals surface area contributed by atoms with Crippen molar-refractivity contribution in [2.24, 2.45) is 0 Å². The Morgan fingerprint density at radius 1 is 1.31 bits per heavy atom. The summed E-state index contributed by atoms with van der Waals surface area (Å²) in [5.41, 5.74) is 0.553. The highest BCUT2D eigenvalue weighted by atomic mass is 16.5. The molecule has 1 aromatic rings. The Morgan fingerprint density at radius 3 is 2.50 bits per heavy atom. The molecule has 16 heavy (non-hydrogen) atoms. The first kappa shape index (κ1) is 12.0. The van der Waals surface area contributed by atoms with Gasteiger partial charge in [-0.15, -0.1) is 0 Å². The third-order valence-electron chi connectivity index (χ3n) is 1.96. The number of aliphatic carboxylic acids is 1. The Balaban J connectivity index is 3.08. The molecular formula is C11H12O5. The van der Waals surface area contributed by atoms with E-state index < -0.39 is 11.9 Å². The van der Waals surface area contributed by atoms with Crippen molar-refractivity contribution in [1.29, 1.82) is 0 Å². The number of carbonyl (C=O) groups is 2. The summed E-state index contributed by atoms with van der Waals surface area (Å²) in [4.78, 5) is 21.3. The lowest BCUT2D eigenvalue weighted by atomic mass is 10.1. The first-order valence-electron chi connectivity index (χ1n) is 4.75. The second-order valence-corrected chi connectivity index (χ2v) is 3.13. The highest BCUT2D eigenvalue weighted by Crippen LogP contribution is 2.21. The highest BCUT2D eigenvalue weighted by molar-refractivity contribution is 5.88. The monoisotopic (exact) mass is 224 g/mol. The molecule has 1 rings (SSSR count). The van der Waals surface area contributed by atoms with Gasteiger partial charge in [-0.3, -0.25) is 4.79 Å². The molecular weight excluding hydrogens is 212 g/mol. The minimum atomic E-state index is -1.07. The fourth-order valence-electron chi connectivity index (χ4n) is 1.29. The van der Waals surface area contributed by atoms with Crippen molar-refractivity contribution in [3.05, 3.63) is 29.3 Å². The van der Waals surface area contributed by atoms with Crippen LogP contribution >= 0.6 is 0 Å². The van der Waals surface area contributed by atoms with Crippen molar-refractivity contribution in [1.82, 2.24) is 0 Å². The Hall–Kier alpha value is -2.04. The number of hydrogen-bond donors (Lipinski definition) is 2. The Kier molecular flexibility index (Phi) is 3.88. The van der Waals surface area contributed by atoms with Crippen LogP contribution in [0.5, 0.6) is 5.75 Å².